The van der Waals surface area contributed by atoms with Crippen molar-refractivity contribution < 1.29 is 24.3 Å². The summed E-state index contributed by atoms with van der Waals surface area (Å²) in [5.74, 6) is -0.824. The first-order chi connectivity index (χ1) is 14.0. The Balaban J connectivity index is 1.74. The van der Waals surface area contributed by atoms with Crippen molar-refractivity contribution in [3.63, 3.8) is 0 Å². The lowest BCUT2D eigenvalue weighted by Gasteiger charge is -2.05. The van der Waals surface area contributed by atoms with Gasteiger partial charge in [0.05, 0.1) is 9.99 Å². The third-order valence-electron chi connectivity index (χ3n) is 4.02. The third-order valence-corrected chi connectivity index (χ3v) is 4.66. The van der Waals surface area contributed by atoms with Crippen LogP contribution in [0.1, 0.15) is 16.8 Å². The number of aliphatic carboxylic acids is 1. The Morgan fingerprint density at radius 2 is 1.69 bits per heavy atom. The number of carbonyl (C=O) groups excluding carboxylic acids is 1. The van der Waals surface area contributed by atoms with Crippen LogP contribution in [0.2, 0.25) is 0 Å². The van der Waals surface area contributed by atoms with E-state index in [1.54, 1.807) is 24.4 Å². The van der Waals surface area contributed by atoms with E-state index >= 15 is 0 Å². The van der Waals surface area contributed by atoms with Crippen molar-refractivity contribution in [1.82, 2.24) is 4.98 Å². The van der Waals surface area contributed by atoms with Gasteiger partial charge in [-0.2, -0.15) is 0 Å². The van der Waals surface area contributed by atoms with Gasteiger partial charge in [0.1, 0.15) is 6.21 Å². The monoisotopic (exact) mass is 501 g/mol. The number of pyridine rings is 1. The quantitative estimate of drug-likeness (QED) is 0.163. The zero-order valence-electron chi connectivity index (χ0n) is 15.4. The number of aromatic nitrogens is 1. The summed E-state index contributed by atoms with van der Waals surface area (Å²) >= 11 is 2.12. The van der Waals surface area contributed by atoms with E-state index in [1.807, 2.05) is 48.5 Å². The second-order valence-corrected chi connectivity index (χ2v) is 7.33. The predicted octanol–water partition coefficient (Wildman–Crippen LogP) is 4.36. The summed E-state index contributed by atoms with van der Waals surface area (Å²) in [7, 11) is 0. The molecule has 1 heterocycles. The van der Waals surface area contributed by atoms with E-state index in [4.69, 9.17) is 9.94 Å². The van der Waals surface area contributed by atoms with Crippen LogP contribution >= 0.6 is 22.6 Å². The molecule has 0 spiro atoms. The summed E-state index contributed by atoms with van der Waals surface area (Å²) in [6, 6.07) is 20.8. The first kappa shape index (κ1) is 20.7. The van der Waals surface area contributed by atoms with Crippen LogP contribution in [0.15, 0.2) is 72.9 Å². The molecule has 0 bridgehead atoms. The molecule has 7 heteroatoms. The predicted molar refractivity (Wildman–Crippen MR) is 117 cm³/mol. The molecule has 0 saturated carbocycles. The molecule has 1 aromatic heterocycles. The van der Waals surface area contributed by atoms with Crippen LogP contribution in [-0.4, -0.2) is 39.4 Å². The van der Waals surface area contributed by atoms with Gasteiger partial charge in [-0.05, 0) is 49.5 Å². The van der Waals surface area contributed by atoms with Gasteiger partial charge in [0.15, 0.2) is 12.0 Å². The van der Waals surface area contributed by atoms with Crippen LogP contribution in [0.25, 0.3) is 11.1 Å². The first-order valence-corrected chi connectivity index (χ1v) is 9.88. The lowest BCUT2D eigenvalue weighted by atomic mass is 10.0. The topological polar surface area (TPSA) is 79.5 Å². The number of halogens is 1. The average molecular weight is 501 g/mol. The summed E-state index contributed by atoms with van der Waals surface area (Å²) in [6.45, 7) is -0.538. The number of carboxylic acid groups (broad SMARTS) is 1. The highest BCUT2D eigenvalue weighted by atomic mass is 127. The summed E-state index contributed by atoms with van der Waals surface area (Å²) in [5.41, 5.74) is 2.67. The summed E-state index contributed by atoms with van der Waals surface area (Å²) in [5, 5.41) is 8.87. The molecule has 0 saturated heterocycles. The highest BCUT2D eigenvalue weighted by molar-refractivity contribution is 14.1. The number of nitrogens with zero attached hydrogens (tertiary/aromatic N) is 2. The minimum atomic E-state index is -1.11. The fourth-order valence-electron chi connectivity index (χ4n) is 2.60. The van der Waals surface area contributed by atoms with Crippen LogP contribution < -0.4 is 0 Å². The van der Waals surface area contributed by atoms with E-state index in [2.05, 4.69) is 27.6 Å². The Morgan fingerprint density at radius 3 is 2.31 bits per heavy atom. The van der Waals surface area contributed by atoms with Crippen molar-refractivity contribution in [3.05, 3.63) is 82.1 Å². The molecule has 146 valence electrons. The Kier molecular flexibility index (Phi) is 7.07. The van der Waals surface area contributed by atoms with Gasteiger partial charge in [0, 0.05) is 11.6 Å². The van der Waals surface area contributed by atoms with Crippen molar-refractivity contribution in [3.8, 4) is 11.1 Å². The molecule has 1 N–H and O–H groups in total. The minimum Gasteiger partial charge on any atom is -0.479 e. The van der Waals surface area contributed by atoms with Crippen molar-refractivity contribution in [2.75, 3.05) is 6.61 Å². The summed E-state index contributed by atoms with van der Waals surface area (Å²) < 4.78 is 2.15. The Morgan fingerprint density at radius 1 is 1.00 bits per heavy atom. The molecule has 0 aliphatic carbocycles. The SMILES string of the molecule is O=C(O)CO[N+](=CCC(=O)c1ccc(-c2ccccc2)cc1)c1ccc(I)cn1. The van der Waals surface area contributed by atoms with Crippen LogP contribution in [0.4, 0.5) is 5.82 Å². The van der Waals surface area contributed by atoms with E-state index in [1.165, 1.54) is 11.0 Å². The van der Waals surface area contributed by atoms with Crippen molar-refractivity contribution in [2.24, 2.45) is 0 Å². The molecule has 29 heavy (non-hydrogen) atoms. The molecule has 0 aliphatic rings. The zero-order chi connectivity index (χ0) is 20.6. The van der Waals surface area contributed by atoms with E-state index in [-0.39, 0.29) is 12.2 Å². The number of rotatable bonds is 8. The number of ketones is 1. The molecule has 6 nitrogen and oxygen atoms in total. The standard InChI is InChI=1S/C22H17IN2O4/c23-19-10-11-21(24-14-19)25(29-15-22(27)28)13-12-20(26)18-8-6-17(7-9-18)16-4-2-1-3-5-16/h1-11,13-14H,12,15H2/p+1. The van der Waals surface area contributed by atoms with Crippen molar-refractivity contribution >= 4 is 46.4 Å². The van der Waals surface area contributed by atoms with E-state index < -0.39 is 12.6 Å². The molecule has 0 unspecified atom stereocenters. The average Bonchev–Trinajstić information content (AvgIpc) is 2.75. The zero-order valence-corrected chi connectivity index (χ0v) is 17.5. The molecule has 3 aromatic rings. The fraction of sp³-hybridized carbons (Fsp3) is 0.0909. The van der Waals surface area contributed by atoms with Gasteiger partial charge < -0.3 is 9.94 Å². The lowest BCUT2D eigenvalue weighted by molar-refractivity contribution is -0.725. The molecule has 0 aliphatic heterocycles. The maximum absolute atomic E-state index is 12.6. The van der Waals surface area contributed by atoms with Gasteiger partial charge in [0.25, 0.3) is 0 Å². The number of carboxylic acids is 1. The number of hydrogen-bond donors (Lipinski definition) is 1. The largest absolute Gasteiger partial charge is 0.479 e. The number of benzene rings is 2. The third kappa shape index (κ3) is 5.95. The van der Waals surface area contributed by atoms with Crippen molar-refractivity contribution in [2.45, 2.75) is 6.42 Å². The van der Waals surface area contributed by atoms with Crippen LogP contribution in [-0.2, 0) is 9.63 Å². The Hall–Kier alpha value is -3.07. The van der Waals surface area contributed by atoms with E-state index in [0.29, 0.717) is 11.4 Å². The lowest BCUT2D eigenvalue weighted by Crippen LogP contribution is -2.17. The number of Topliss-reactive ketones (excluding diaryl/α,β-unsaturated/α-hetero) is 1. The second-order valence-electron chi connectivity index (χ2n) is 6.08. The van der Waals surface area contributed by atoms with Crippen LogP contribution in [0.5, 0.6) is 0 Å². The van der Waals surface area contributed by atoms with E-state index in [9.17, 15) is 9.59 Å². The smallest absolute Gasteiger partial charge is 0.361 e. The number of carbonyl (C=O) groups is 2. The second kappa shape index (κ2) is 9.92. The molecule has 0 atom stereocenters. The van der Waals surface area contributed by atoms with Crippen molar-refractivity contribution in [1.29, 1.82) is 0 Å². The van der Waals surface area contributed by atoms with Gasteiger partial charge in [-0.1, -0.05) is 54.6 Å². The van der Waals surface area contributed by atoms with Gasteiger partial charge in [0.2, 0.25) is 6.61 Å². The fourth-order valence-corrected chi connectivity index (χ4v) is 2.92. The van der Waals surface area contributed by atoms with Gasteiger partial charge in [-0.15, -0.1) is 0 Å². The minimum absolute atomic E-state index is 0.0397. The maximum Gasteiger partial charge on any atom is 0.361 e. The molecule has 0 radical (unpaired) electrons. The number of hydrogen-bond acceptors (Lipinski definition) is 4. The normalized spacial score (nSPS) is 11.1. The summed E-state index contributed by atoms with van der Waals surface area (Å²) in [6.07, 6.45) is 3.16. The van der Waals surface area contributed by atoms with Crippen LogP contribution in [0.3, 0.4) is 0 Å². The Labute approximate surface area is 181 Å². The summed E-state index contributed by atoms with van der Waals surface area (Å²) in [4.78, 5) is 32.9. The van der Waals surface area contributed by atoms with E-state index in [0.717, 1.165) is 14.7 Å². The Bertz CT molecular complexity index is 1020. The maximum atomic E-state index is 12.6. The van der Waals surface area contributed by atoms with Gasteiger partial charge >= 0.3 is 11.8 Å². The highest BCUT2D eigenvalue weighted by Crippen LogP contribution is 2.19. The molecular weight excluding hydrogens is 483 g/mol. The molecular formula is C22H18IN2O4+. The van der Waals surface area contributed by atoms with Crippen LogP contribution in [0, 0.1) is 3.57 Å². The van der Waals surface area contributed by atoms with Gasteiger partial charge in [-0.3, -0.25) is 4.79 Å². The molecule has 3 rings (SSSR count). The molecule has 0 amide bonds. The molecule has 2 aromatic carbocycles. The first-order valence-electron chi connectivity index (χ1n) is 8.80. The van der Waals surface area contributed by atoms with Gasteiger partial charge in [-0.25, -0.2) is 4.79 Å². The highest BCUT2D eigenvalue weighted by Gasteiger charge is 2.15. The molecule has 0 fully saturated rings.